The number of fused-ring (bicyclic) bond motifs is 5. The first-order chi connectivity index (χ1) is 10.4. The fourth-order valence-electron chi connectivity index (χ4n) is 5.83. The molecule has 0 aliphatic heterocycles. The molecular weight excluding hydrogens is 276 g/mol. The molecule has 4 aliphatic rings. The summed E-state index contributed by atoms with van der Waals surface area (Å²) in [6, 6.07) is 0. The van der Waals surface area contributed by atoms with Gasteiger partial charge in [-0.2, -0.15) is 0 Å². The molecule has 6 atom stereocenters. The lowest BCUT2D eigenvalue weighted by molar-refractivity contribution is -0.128. The van der Waals surface area contributed by atoms with E-state index in [0.717, 1.165) is 19.3 Å². The number of allylic oxidation sites excluding steroid dienone is 3. The number of aliphatic hydroxyl groups excluding tert-OH is 2. The highest BCUT2D eigenvalue weighted by molar-refractivity contribution is 5.88. The number of hydrogen-bond donors (Lipinski definition) is 2. The van der Waals surface area contributed by atoms with Gasteiger partial charge in [-0.1, -0.05) is 37.1 Å². The number of aliphatic hydroxyl groups is 2. The molecule has 2 unspecified atom stereocenters. The van der Waals surface area contributed by atoms with Crippen LogP contribution in [0.2, 0.25) is 0 Å². The van der Waals surface area contributed by atoms with Crippen molar-refractivity contribution in [3.05, 3.63) is 23.3 Å². The predicted octanol–water partition coefficient (Wildman–Crippen LogP) is 2.77. The number of rotatable bonds is 0. The molecule has 3 nitrogen and oxygen atoms in total. The Kier molecular flexibility index (Phi) is 3.03. The van der Waals surface area contributed by atoms with Crippen LogP contribution in [0.3, 0.4) is 0 Å². The topological polar surface area (TPSA) is 57.5 Å². The minimum atomic E-state index is -0.488. The molecule has 0 bridgehead atoms. The van der Waals surface area contributed by atoms with Crippen LogP contribution in [-0.2, 0) is 4.79 Å². The summed E-state index contributed by atoms with van der Waals surface area (Å²) < 4.78 is 0. The Morgan fingerprint density at radius 3 is 2.68 bits per heavy atom. The quantitative estimate of drug-likeness (QED) is 0.723. The van der Waals surface area contributed by atoms with E-state index < -0.39 is 12.2 Å². The highest BCUT2D eigenvalue weighted by Gasteiger charge is 2.58. The lowest BCUT2D eigenvalue weighted by atomic mass is 9.50. The van der Waals surface area contributed by atoms with Crippen LogP contribution >= 0.6 is 0 Å². The van der Waals surface area contributed by atoms with Gasteiger partial charge in [-0.3, -0.25) is 4.79 Å². The maximum Gasteiger partial charge on any atom is 0.139 e. The third-order valence-corrected chi connectivity index (χ3v) is 7.36. The molecular formula is C19H26O3. The zero-order chi connectivity index (χ0) is 15.7. The van der Waals surface area contributed by atoms with E-state index in [2.05, 4.69) is 26.0 Å². The van der Waals surface area contributed by atoms with Crippen LogP contribution in [0.25, 0.3) is 0 Å². The van der Waals surface area contributed by atoms with Crippen molar-refractivity contribution in [3.63, 3.8) is 0 Å². The Hall–Kier alpha value is -0.930. The second-order valence-corrected chi connectivity index (χ2v) is 8.27. The number of Topliss-reactive ketones (excluding diaryl/α,β-unsaturated/α-hetero) is 1. The van der Waals surface area contributed by atoms with E-state index in [1.54, 1.807) is 0 Å². The van der Waals surface area contributed by atoms with Crippen LogP contribution in [0.4, 0.5) is 0 Å². The fourth-order valence-corrected chi connectivity index (χ4v) is 5.83. The Labute approximate surface area is 132 Å². The third-order valence-electron chi connectivity index (χ3n) is 7.36. The van der Waals surface area contributed by atoms with Crippen LogP contribution in [-0.4, -0.2) is 28.2 Å². The molecule has 0 aromatic carbocycles. The molecule has 0 spiro atoms. The molecule has 2 N–H and O–H groups in total. The van der Waals surface area contributed by atoms with Crippen molar-refractivity contribution in [1.82, 2.24) is 0 Å². The normalized spacial score (nSPS) is 50.6. The van der Waals surface area contributed by atoms with Gasteiger partial charge in [0.15, 0.2) is 0 Å². The van der Waals surface area contributed by atoms with Crippen molar-refractivity contribution in [2.24, 2.45) is 22.7 Å². The zero-order valence-electron chi connectivity index (χ0n) is 13.5. The van der Waals surface area contributed by atoms with E-state index in [1.807, 2.05) is 0 Å². The number of carbonyl (C=O) groups is 1. The molecule has 0 aromatic heterocycles. The molecule has 0 saturated heterocycles. The molecule has 4 rings (SSSR count). The predicted molar refractivity (Wildman–Crippen MR) is 84.1 cm³/mol. The van der Waals surface area contributed by atoms with Gasteiger partial charge in [0.05, 0.1) is 12.2 Å². The van der Waals surface area contributed by atoms with Gasteiger partial charge in [0.25, 0.3) is 0 Å². The average Bonchev–Trinajstić information content (AvgIpc) is 2.77. The second kappa shape index (κ2) is 4.55. The van der Waals surface area contributed by atoms with Crippen molar-refractivity contribution < 1.29 is 15.0 Å². The van der Waals surface area contributed by atoms with Crippen LogP contribution in [0.1, 0.15) is 52.4 Å². The zero-order valence-corrected chi connectivity index (χ0v) is 13.5. The minimum Gasteiger partial charge on any atom is -0.393 e. The van der Waals surface area contributed by atoms with Crippen molar-refractivity contribution >= 4 is 5.78 Å². The molecule has 0 heterocycles. The Bertz CT molecular complexity index is 589. The van der Waals surface area contributed by atoms with E-state index in [0.29, 0.717) is 36.9 Å². The van der Waals surface area contributed by atoms with Crippen molar-refractivity contribution in [2.45, 2.75) is 64.6 Å². The summed E-state index contributed by atoms with van der Waals surface area (Å²) in [6.45, 7) is 4.32. The molecule has 22 heavy (non-hydrogen) atoms. The van der Waals surface area contributed by atoms with Gasteiger partial charge in [0.1, 0.15) is 5.78 Å². The van der Waals surface area contributed by atoms with E-state index >= 15 is 0 Å². The largest absolute Gasteiger partial charge is 0.393 e. The van der Waals surface area contributed by atoms with Gasteiger partial charge in [-0.15, -0.1) is 0 Å². The Balaban J connectivity index is 1.78. The lowest BCUT2D eigenvalue weighted by Gasteiger charge is -2.55. The first-order valence-corrected chi connectivity index (χ1v) is 8.68. The summed E-state index contributed by atoms with van der Waals surface area (Å²) in [7, 11) is 0. The molecule has 4 aliphatic carbocycles. The highest BCUT2D eigenvalue weighted by atomic mass is 16.3. The van der Waals surface area contributed by atoms with E-state index in [-0.39, 0.29) is 10.8 Å². The average molecular weight is 302 g/mol. The van der Waals surface area contributed by atoms with E-state index in [1.165, 1.54) is 11.1 Å². The van der Waals surface area contributed by atoms with Crippen LogP contribution in [0.15, 0.2) is 23.3 Å². The SMILES string of the molecule is C[C@]12C(=CC=C3C1CC[C@]1(C)C(=O)CCC31)C[C@@H](O)C[C@@H]2O. The third kappa shape index (κ3) is 1.67. The number of carbonyl (C=O) groups excluding carboxylic acids is 1. The molecule has 3 heteroatoms. The summed E-state index contributed by atoms with van der Waals surface area (Å²) in [6.07, 6.45) is 8.17. The Morgan fingerprint density at radius 1 is 1.14 bits per heavy atom. The molecule has 3 saturated carbocycles. The van der Waals surface area contributed by atoms with Crippen LogP contribution in [0.5, 0.6) is 0 Å². The van der Waals surface area contributed by atoms with Gasteiger partial charge in [-0.05, 0) is 37.5 Å². The van der Waals surface area contributed by atoms with Crippen LogP contribution in [0, 0.1) is 22.7 Å². The maximum atomic E-state index is 12.3. The monoisotopic (exact) mass is 302 g/mol. The smallest absolute Gasteiger partial charge is 0.139 e. The molecule has 120 valence electrons. The number of ketones is 1. The van der Waals surface area contributed by atoms with Crippen molar-refractivity contribution in [3.8, 4) is 0 Å². The van der Waals surface area contributed by atoms with Gasteiger partial charge >= 0.3 is 0 Å². The van der Waals surface area contributed by atoms with E-state index in [9.17, 15) is 15.0 Å². The standard InChI is InChI=1S/C19H26O3/c1-18-8-7-15-13(14(18)5-6-16(18)21)4-3-11-9-12(20)10-17(22)19(11,15)2/h3-4,12,14-15,17,20,22H,5-10H2,1-2H3/t12-,14?,15?,17+,18+,19+/m1/s1. The van der Waals surface area contributed by atoms with E-state index in [4.69, 9.17) is 0 Å². The van der Waals surface area contributed by atoms with Gasteiger partial charge in [0, 0.05) is 23.7 Å². The van der Waals surface area contributed by atoms with Gasteiger partial charge in [-0.25, -0.2) is 0 Å². The second-order valence-electron chi connectivity index (χ2n) is 8.27. The van der Waals surface area contributed by atoms with Crippen molar-refractivity contribution in [1.29, 1.82) is 0 Å². The highest BCUT2D eigenvalue weighted by Crippen LogP contribution is 2.62. The molecule has 3 fully saturated rings. The summed E-state index contributed by atoms with van der Waals surface area (Å²) in [4.78, 5) is 12.3. The summed E-state index contributed by atoms with van der Waals surface area (Å²) in [5.41, 5.74) is 2.15. The summed E-state index contributed by atoms with van der Waals surface area (Å²) in [5.74, 6) is 1.11. The Morgan fingerprint density at radius 2 is 1.91 bits per heavy atom. The number of hydrogen-bond acceptors (Lipinski definition) is 3. The molecule has 0 aromatic rings. The maximum absolute atomic E-state index is 12.3. The molecule has 0 amide bonds. The van der Waals surface area contributed by atoms with Gasteiger partial charge in [0.2, 0.25) is 0 Å². The fraction of sp³-hybridized carbons (Fsp3) is 0.737. The van der Waals surface area contributed by atoms with Crippen molar-refractivity contribution in [2.75, 3.05) is 0 Å². The summed E-state index contributed by atoms with van der Waals surface area (Å²) in [5, 5.41) is 20.7. The minimum absolute atomic E-state index is 0.177. The first kappa shape index (κ1) is 14.6. The van der Waals surface area contributed by atoms with Crippen LogP contribution < -0.4 is 0 Å². The summed E-state index contributed by atoms with van der Waals surface area (Å²) >= 11 is 0. The van der Waals surface area contributed by atoms with Gasteiger partial charge < -0.3 is 10.2 Å². The lowest BCUT2D eigenvalue weighted by Crippen LogP contribution is -2.52. The first-order valence-electron chi connectivity index (χ1n) is 8.68. The molecule has 0 radical (unpaired) electrons.